The first kappa shape index (κ1) is 21.9. The van der Waals surface area contributed by atoms with Gasteiger partial charge in [0.1, 0.15) is 27.9 Å². The van der Waals surface area contributed by atoms with Crippen molar-refractivity contribution in [1.29, 1.82) is 5.26 Å². The molecule has 5 rings (SSSR count). The van der Waals surface area contributed by atoms with E-state index in [9.17, 15) is 15.2 Å². The molecule has 0 unspecified atom stereocenters. The summed E-state index contributed by atoms with van der Waals surface area (Å²) in [6.45, 7) is 4.80. The number of thiazole rings is 1. The Morgan fingerprint density at radius 3 is 2.88 bits per heavy atom. The number of benzene rings is 2. The molecule has 0 atom stereocenters. The Balaban J connectivity index is 1.80. The molecule has 0 saturated carbocycles. The van der Waals surface area contributed by atoms with Crippen molar-refractivity contribution in [2.75, 3.05) is 0 Å². The summed E-state index contributed by atoms with van der Waals surface area (Å²) < 4.78 is 4.49. The SMILES string of the molecule is C=CCn1c(=O)/c(=C/c2c(O)ccc3ccccc23)s/c1=C(/C#N)c1nnc2n1CCCCC2. The van der Waals surface area contributed by atoms with Crippen LogP contribution in [-0.4, -0.2) is 24.4 Å². The first-order chi connectivity index (χ1) is 16.6. The minimum atomic E-state index is -0.240. The van der Waals surface area contributed by atoms with Gasteiger partial charge in [-0.1, -0.05) is 42.8 Å². The van der Waals surface area contributed by atoms with E-state index in [-0.39, 0.29) is 17.9 Å². The Hall–Kier alpha value is -3.96. The van der Waals surface area contributed by atoms with E-state index >= 15 is 0 Å². The van der Waals surface area contributed by atoms with Crippen LogP contribution in [0.25, 0.3) is 22.4 Å². The van der Waals surface area contributed by atoms with Crippen LogP contribution < -0.4 is 14.8 Å². The molecule has 7 nitrogen and oxygen atoms in total. The number of aryl methyl sites for hydroxylation is 1. The molecule has 8 heteroatoms. The van der Waals surface area contributed by atoms with Gasteiger partial charge in [0, 0.05) is 25.1 Å². The average Bonchev–Trinajstić information content (AvgIpc) is 3.27. The first-order valence-electron chi connectivity index (χ1n) is 11.2. The number of fused-ring (bicyclic) bond motifs is 2. The quantitative estimate of drug-likeness (QED) is 0.464. The summed E-state index contributed by atoms with van der Waals surface area (Å²) >= 11 is 1.22. The third-order valence-corrected chi connectivity index (χ3v) is 7.23. The maximum absolute atomic E-state index is 13.4. The van der Waals surface area contributed by atoms with Gasteiger partial charge < -0.3 is 9.67 Å². The average molecular weight is 470 g/mol. The zero-order valence-corrected chi connectivity index (χ0v) is 19.4. The maximum atomic E-state index is 13.4. The van der Waals surface area contributed by atoms with Gasteiger partial charge in [-0.2, -0.15) is 5.26 Å². The van der Waals surface area contributed by atoms with E-state index in [2.05, 4.69) is 22.8 Å². The third kappa shape index (κ3) is 3.74. The minimum absolute atomic E-state index is 0.0931. The van der Waals surface area contributed by atoms with Crippen molar-refractivity contribution in [3.63, 3.8) is 0 Å². The van der Waals surface area contributed by atoms with Crippen LogP contribution >= 0.6 is 11.3 Å². The van der Waals surface area contributed by atoms with Gasteiger partial charge in [0.05, 0.1) is 4.53 Å². The Morgan fingerprint density at radius 1 is 1.21 bits per heavy atom. The van der Waals surface area contributed by atoms with Gasteiger partial charge in [-0.15, -0.1) is 28.1 Å². The van der Waals surface area contributed by atoms with Crippen LogP contribution in [0.15, 0.2) is 53.8 Å². The third-order valence-electron chi connectivity index (χ3n) is 6.10. The summed E-state index contributed by atoms with van der Waals surface area (Å²) in [5.41, 5.74) is 0.658. The standard InChI is InChI=1S/C26H23N5O2S/c1-2-13-31-25(33)22(15-19-18-9-6-5-8-17(18)11-12-21(19)32)34-26(31)20(16-27)24-29-28-23-10-4-3-7-14-30(23)24/h2,5-6,8-9,11-12,15,32H,1,3-4,7,10,13-14H2/b22-15-,26-20-. The Labute approximate surface area is 199 Å². The predicted molar refractivity (Wildman–Crippen MR) is 133 cm³/mol. The fourth-order valence-electron chi connectivity index (χ4n) is 4.43. The highest BCUT2D eigenvalue weighted by atomic mass is 32.1. The molecule has 3 heterocycles. The lowest BCUT2D eigenvalue weighted by Crippen LogP contribution is -2.32. The molecular formula is C26H23N5O2S. The van der Waals surface area contributed by atoms with Gasteiger partial charge in [-0.25, -0.2) is 0 Å². The van der Waals surface area contributed by atoms with Gasteiger partial charge in [0.15, 0.2) is 5.82 Å². The number of allylic oxidation sites excluding steroid dienone is 1. The number of nitriles is 1. The second-order valence-electron chi connectivity index (χ2n) is 8.23. The molecule has 0 radical (unpaired) electrons. The van der Waals surface area contributed by atoms with Crippen molar-refractivity contribution in [3.8, 4) is 11.8 Å². The molecule has 1 aliphatic heterocycles. The molecule has 0 spiro atoms. The lowest BCUT2D eigenvalue weighted by atomic mass is 10.0. The van der Waals surface area contributed by atoms with Crippen molar-refractivity contribution in [2.24, 2.45) is 0 Å². The monoisotopic (exact) mass is 469 g/mol. The fraction of sp³-hybridized carbons (Fsp3) is 0.231. The second-order valence-corrected chi connectivity index (χ2v) is 9.26. The number of nitrogens with zero attached hydrogens (tertiary/aromatic N) is 5. The molecular weight excluding hydrogens is 446 g/mol. The van der Waals surface area contributed by atoms with E-state index in [4.69, 9.17) is 0 Å². The number of phenolic OH excluding ortho intramolecular Hbond substituents is 1. The van der Waals surface area contributed by atoms with Gasteiger partial charge in [-0.05, 0) is 35.8 Å². The summed E-state index contributed by atoms with van der Waals surface area (Å²) in [4.78, 5) is 13.4. The van der Waals surface area contributed by atoms with E-state index in [1.54, 1.807) is 22.8 Å². The van der Waals surface area contributed by atoms with Crippen LogP contribution in [0.5, 0.6) is 5.75 Å². The fourth-order valence-corrected chi connectivity index (χ4v) is 5.52. The second kappa shape index (κ2) is 9.12. The van der Waals surface area contributed by atoms with Crippen molar-refractivity contribution in [2.45, 2.75) is 38.8 Å². The van der Waals surface area contributed by atoms with Gasteiger partial charge >= 0.3 is 0 Å². The van der Waals surface area contributed by atoms with Gasteiger partial charge in [0.2, 0.25) is 0 Å². The van der Waals surface area contributed by atoms with E-state index in [1.807, 2.05) is 34.9 Å². The molecule has 0 fully saturated rings. The number of hydrogen-bond acceptors (Lipinski definition) is 6. The van der Waals surface area contributed by atoms with E-state index in [0.717, 1.165) is 48.8 Å². The van der Waals surface area contributed by atoms with Crippen molar-refractivity contribution in [1.82, 2.24) is 19.3 Å². The number of phenols is 1. The normalized spacial score (nSPS) is 15.0. The lowest BCUT2D eigenvalue weighted by molar-refractivity contribution is 0.475. The molecule has 0 aliphatic carbocycles. The molecule has 170 valence electrons. The number of hydrogen-bond donors (Lipinski definition) is 1. The molecule has 2 aromatic heterocycles. The topological polar surface area (TPSA) is 96.7 Å². The van der Waals surface area contributed by atoms with E-state index < -0.39 is 0 Å². The summed E-state index contributed by atoms with van der Waals surface area (Å²) in [6, 6.07) is 13.5. The minimum Gasteiger partial charge on any atom is -0.507 e. The molecule has 1 aliphatic rings. The smallest absolute Gasteiger partial charge is 0.269 e. The molecule has 0 bridgehead atoms. The van der Waals surface area contributed by atoms with Crippen LogP contribution in [0, 0.1) is 11.3 Å². The number of rotatable bonds is 4. The lowest BCUT2D eigenvalue weighted by Gasteiger charge is -2.06. The van der Waals surface area contributed by atoms with Crippen LogP contribution in [0.2, 0.25) is 0 Å². The van der Waals surface area contributed by atoms with Crippen LogP contribution in [-0.2, 0) is 19.5 Å². The summed E-state index contributed by atoms with van der Waals surface area (Å²) in [6.07, 6.45) is 7.32. The molecule has 1 N–H and O–H groups in total. The van der Waals surface area contributed by atoms with Gasteiger partial charge in [0.25, 0.3) is 5.56 Å². The molecule has 0 amide bonds. The predicted octanol–water partition coefficient (Wildman–Crippen LogP) is 2.82. The van der Waals surface area contributed by atoms with Crippen molar-refractivity contribution >= 4 is 33.8 Å². The Kier molecular flexibility index (Phi) is 5.86. The summed E-state index contributed by atoms with van der Waals surface area (Å²) in [7, 11) is 0. The van der Waals surface area contributed by atoms with Gasteiger partial charge in [-0.3, -0.25) is 9.36 Å². The van der Waals surface area contributed by atoms with E-state index in [1.165, 1.54) is 11.3 Å². The largest absolute Gasteiger partial charge is 0.507 e. The Morgan fingerprint density at radius 2 is 2.06 bits per heavy atom. The highest BCUT2D eigenvalue weighted by Crippen LogP contribution is 2.27. The Bertz CT molecular complexity index is 1630. The summed E-state index contributed by atoms with van der Waals surface area (Å²) in [5.74, 6) is 1.47. The van der Waals surface area contributed by atoms with E-state index in [0.29, 0.717) is 26.2 Å². The highest BCUT2D eigenvalue weighted by molar-refractivity contribution is 7.07. The molecule has 2 aromatic carbocycles. The van der Waals surface area contributed by atoms with Crippen molar-refractivity contribution < 1.29 is 5.11 Å². The van der Waals surface area contributed by atoms with Crippen LogP contribution in [0.3, 0.4) is 0 Å². The first-order valence-corrected chi connectivity index (χ1v) is 12.0. The zero-order chi connectivity index (χ0) is 23.7. The summed E-state index contributed by atoms with van der Waals surface area (Å²) in [5, 5.41) is 31.2. The number of aromatic nitrogens is 4. The highest BCUT2D eigenvalue weighted by Gasteiger charge is 2.20. The maximum Gasteiger partial charge on any atom is 0.269 e. The van der Waals surface area contributed by atoms with Crippen LogP contribution in [0.4, 0.5) is 0 Å². The van der Waals surface area contributed by atoms with Crippen LogP contribution in [0.1, 0.15) is 36.5 Å². The number of aromatic hydroxyl groups is 1. The molecule has 0 saturated heterocycles. The molecule has 4 aromatic rings. The van der Waals surface area contributed by atoms with Crippen molar-refractivity contribution in [3.05, 3.63) is 85.8 Å². The molecule has 34 heavy (non-hydrogen) atoms. The zero-order valence-electron chi connectivity index (χ0n) is 18.6.